The first-order chi connectivity index (χ1) is 10.5. The van der Waals surface area contributed by atoms with Crippen molar-refractivity contribution in [1.29, 1.82) is 0 Å². The topological polar surface area (TPSA) is 58.2 Å². The quantitative estimate of drug-likeness (QED) is 0.837. The molecule has 0 unspecified atom stereocenters. The van der Waals surface area contributed by atoms with Crippen LogP contribution >= 0.6 is 0 Å². The van der Waals surface area contributed by atoms with Crippen molar-refractivity contribution in [2.75, 3.05) is 10.6 Å². The van der Waals surface area contributed by atoms with Crippen LogP contribution in [-0.4, -0.2) is 11.8 Å². The number of benzene rings is 1. The monoisotopic (exact) mass is 298 g/mol. The van der Waals surface area contributed by atoms with Gasteiger partial charge in [0.25, 0.3) is 0 Å². The third-order valence-corrected chi connectivity index (χ3v) is 4.56. The second-order valence-electron chi connectivity index (χ2n) is 6.60. The Bertz CT molecular complexity index is 604. The second-order valence-corrected chi connectivity index (χ2v) is 6.60. The smallest absolute Gasteiger partial charge is 0.228 e. The molecule has 4 heteroatoms. The maximum absolute atomic E-state index is 12.3. The molecule has 0 radical (unpaired) electrons. The van der Waals surface area contributed by atoms with Gasteiger partial charge in [0.15, 0.2) is 0 Å². The van der Waals surface area contributed by atoms with Crippen LogP contribution in [0.4, 0.5) is 11.4 Å². The van der Waals surface area contributed by atoms with Crippen LogP contribution in [0.15, 0.2) is 36.4 Å². The first kappa shape index (κ1) is 14.8. The molecule has 3 atom stereocenters. The van der Waals surface area contributed by atoms with Crippen LogP contribution in [-0.2, 0) is 9.59 Å². The lowest BCUT2D eigenvalue weighted by atomic mass is 9.93. The highest BCUT2D eigenvalue weighted by Gasteiger charge is 2.39. The lowest BCUT2D eigenvalue weighted by Crippen LogP contribution is -2.25. The number of amides is 2. The fourth-order valence-corrected chi connectivity index (χ4v) is 3.24. The minimum Gasteiger partial charge on any atom is -0.326 e. The number of rotatable bonds is 4. The average Bonchev–Trinajstić information content (AvgIpc) is 3.12. The SMILES string of the molecule is CC(C)C(=O)Nc1ccc(NC(=O)[C@H]2C[C@H]3C=C[C@H]2C3)cc1. The molecule has 2 N–H and O–H groups in total. The van der Waals surface area contributed by atoms with Crippen molar-refractivity contribution in [2.45, 2.75) is 26.7 Å². The first-order valence-corrected chi connectivity index (χ1v) is 7.93. The van der Waals surface area contributed by atoms with E-state index >= 15 is 0 Å². The van der Waals surface area contributed by atoms with Crippen LogP contribution in [0.25, 0.3) is 0 Å². The van der Waals surface area contributed by atoms with Crippen molar-refractivity contribution in [1.82, 2.24) is 0 Å². The van der Waals surface area contributed by atoms with E-state index in [1.54, 1.807) is 0 Å². The summed E-state index contributed by atoms with van der Waals surface area (Å²) in [5.41, 5.74) is 1.53. The molecule has 2 amide bonds. The lowest BCUT2D eigenvalue weighted by Gasteiger charge is -2.17. The molecule has 0 heterocycles. The van der Waals surface area contributed by atoms with Crippen LogP contribution in [0.2, 0.25) is 0 Å². The van der Waals surface area contributed by atoms with E-state index in [1.807, 2.05) is 38.1 Å². The molecule has 2 bridgehead atoms. The summed E-state index contributed by atoms with van der Waals surface area (Å²) in [5, 5.41) is 5.82. The van der Waals surface area contributed by atoms with Crippen LogP contribution < -0.4 is 10.6 Å². The predicted molar refractivity (Wildman–Crippen MR) is 87.4 cm³/mol. The van der Waals surface area contributed by atoms with Crippen molar-refractivity contribution >= 4 is 23.2 Å². The Labute approximate surface area is 131 Å². The van der Waals surface area contributed by atoms with Gasteiger partial charge in [-0.1, -0.05) is 26.0 Å². The molecule has 2 aliphatic rings. The number of fused-ring (bicyclic) bond motifs is 2. The summed E-state index contributed by atoms with van der Waals surface area (Å²) in [5.74, 6) is 1.16. The van der Waals surface area contributed by atoms with Gasteiger partial charge in [-0.25, -0.2) is 0 Å². The molecule has 1 fully saturated rings. The minimum absolute atomic E-state index is 0.00875. The maximum atomic E-state index is 12.3. The Morgan fingerprint density at radius 3 is 2.14 bits per heavy atom. The van der Waals surface area contributed by atoms with Crippen LogP contribution in [0.5, 0.6) is 0 Å². The number of nitrogens with one attached hydrogen (secondary N) is 2. The highest BCUT2D eigenvalue weighted by Crippen LogP contribution is 2.43. The van der Waals surface area contributed by atoms with Crippen molar-refractivity contribution in [3.8, 4) is 0 Å². The predicted octanol–water partition coefficient (Wildman–Crippen LogP) is 3.43. The van der Waals surface area contributed by atoms with Crippen molar-refractivity contribution in [3.63, 3.8) is 0 Å². The van der Waals surface area contributed by atoms with Gasteiger partial charge in [0.05, 0.1) is 0 Å². The van der Waals surface area contributed by atoms with Crippen molar-refractivity contribution in [2.24, 2.45) is 23.7 Å². The number of hydrogen-bond acceptors (Lipinski definition) is 2. The van der Waals surface area contributed by atoms with E-state index in [4.69, 9.17) is 0 Å². The Morgan fingerprint density at radius 1 is 1.00 bits per heavy atom. The molecular formula is C18H22N2O2. The van der Waals surface area contributed by atoms with Gasteiger partial charge in [-0.15, -0.1) is 0 Å². The fraction of sp³-hybridized carbons (Fsp3) is 0.444. The molecule has 3 rings (SSSR count). The molecule has 1 aromatic carbocycles. The van der Waals surface area contributed by atoms with E-state index in [0.717, 1.165) is 24.2 Å². The van der Waals surface area contributed by atoms with Gasteiger partial charge in [-0.3, -0.25) is 9.59 Å². The molecular weight excluding hydrogens is 276 g/mol. The Morgan fingerprint density at radius 2 is 1.64 bits per heavy atom. The number of carbonyl (C=O) groups is 2. The first-order valence-electron chi connectivity index (χ1n) is 7.93. The number of anilines is 2. The molecule has 116 valence electrons. The Hall–Kier alpha value is -2.10. The van der Waals surface area contributed by atoms with Gasteiger partial charge in [-0.05, 0) is 48.9 Å². The summed E-state index contributed by atoms with van der Waals surface area (Å²) in [6.07, 6.45) is 6.51. The van der Waals surface area contributed by atoms with E-state index in [2.05, 4.69) is 22.8 Å². The van der Waals surface area contributed by atoms with E-state index in [9.17, 15) is 9.59 Å². The highest BCUT2D eigenvalue weighted by atomic mass is 16.2. The third kappa shape index (κ3) is 3.06. The number of allylic oxidation sites excluding steroid dienone is 2. The molecule has 0 aromatic heterocycles. The summed E-state index contributed by atoms with van der Waals surface area (Å²) in [6, 6.07) is 7.29. The number of carbonyl (C=O) groups excluding carboxylic acids is 2. The normalized spacial score (nSPS) is 25.5. The van der Waals surface area contributed by atoms with Crippen LogP contribution in [0.3, 0.4) is 0 Å². The molecule has 1 saturated carbocycles. The van der Waals surface area contributed by atoms with Gasteiger partial charge in [0.2, 0.25) is 11.8 Å². The van der Waals surface area contributed by atoms with Crippen molar-refractivity contribution in [3.05, 3.63) is 36.4 Å². The van der Waals surface area contributed by atoms with Gasteiger partial charge >= 0.3 is 0 Å². The molecule has 22 heavy (non-hydrogen) atoms. The van der Waals surface area contributed by atoms with E-state index in [-0.39, 0.29) is 23.7 Å². The van der Waals surface area contributed by atoms with E-state index in [0.29, 0.717) is 11.8 Å². The minimum atomic E-state index is -0.0507. The van der Waals surface area contributed by atoms with Crippen molar-refractivity contribution < 1.29 is 9.59 Å². The van der Waals surface area contributed by atoms with Crippen LogP contribution in [0, 0.1) is 23.7 Å². The molecule has 0 spiro atoms. The van der Waals surface area contributed by atoms with Gasteiger partial charge < -0.3 is 10.6 Å². The van der Waals surface area contributed by atoms with E-state index in [1.165, 1.54) is 0 Å². The Kier molecular flexibility index (Phi) is 4.01. The highest BCUT2D eigenvalue weighted by molar-refractivity contribution is 5.94. The summed E-state index contributed by atoms with van der Waals surface area (Å²) < 4.78 is 0. The summed E-state index contributed by atoms with van der Waals surface area (Å²) in [6.45, 7) is 3.71. The third-order valence-electron chi connectivity index (χ3n) is 4.56. The largest absolute Gasteiger partial charge is 0.326 e. The van der Waals surface area contributed by atoms with E-state index < -0.39 is 0 Å². The number of hydrogen-bond donors (Lipinski definition) is 2. The zero-order valence-electron chi connectivity index (χ0n) is 13.0. The van der Waals surface area contributed by atoms with Gasteiger partial charge in [-0.2, -0.15) is 0 Å². The molecule has 2 aliphatic carbocycles. The fourth-order valence-electron chi connectivity index (χ4n) is 3.24. The second kappa shape index (κ2) is 5.95. The van der Waals surface area contributed by atoms with Gasteiger partial charge in [0, 0.05) is 23.2 Å². The molecule has 1 aromatic rings. The summed E-state index contributed by atoms with van der Waals surface area (Å²) in [4.78, 5) is 24.0. The zero-order valence-corrected chi connectivity index (χ0v) is 13.0. The Balaban J connectivity index is 1.58. The lowest BCUT2D eigenvalue weighted by molar-refractivity contribution is -0.120. The standard InChI is InChI=1S/C18H22N2O2/c1-11(2)17(21)19-14-5-7-15(8-6-14)20-18(22)16-10-12-3-4-13(16)9-12/h3-8,11-13,16H,9-10H2,1-2H3,(H,19,21)(H,20,22)/t12-,13-,16-/m0/s1. The summed E-state index contributed by atoms with van der Waals surface area (Å²) in [7, 11) is 0. The molecule has 0 saturated heterocycles. The molecule has 0 aliphatic heterocycles. The average molecular weight is 298 g/mol. The summed E-state index contributed by atoms with van der Waals surface area (Å²) >= 11 is 0. The zero-order chi connectivity index (χ0) is 15.7. The van der Waals surface area contributed by atoms with Gasteiger partial charge in [0.1, 0.15) is 0 Å². The molecule has 4 nitrogen and oxygen atoms in total. The maximum Gasteiger partial charge on any atom is 0.228 e. The van der Waals surface area contributed by atoms with Crippen LogP contribution in [0.1, 0.15) is 26.7 Å².